The maximum absolute atomic E-state index is 11.1. The predicted octanol–water partition coefficient (Wildman–Crippen LogP) is 3.96. The van der Waals surface area contributed by atoms with Crippen molar-refractivity contribution in [2.24, 2.45) is 0 Å². The van der Waals surface area contributed by atoms with Crippen molar-refractivity contribution in [2.75, 3.05) is 0 Å². The van der Waals surface area contributed by atoms with E-state index < -0.39 is 5.97 Å². The maximum atomic E-state index is 11.1. The number of aromatic carboxylic acids is 1. The Labute approximate surface area is 119 Å². The van der Waals surface area contributed by atoms with Gasteiger partial charge in [0.25, 0.3) is 0 Å². The van der Waals surface area contributed by atoms with Crippen LogP contribution in [0.3, 0.4) is 0 Å². The molecule has 0 unspecified atom stereocenters. The number of aryl methyl sites for hydroxylation is 2. The third-order valence-electron chi connectivity index (χ3n) is 3.33. The third kappa shape index (κ3) is 3.05. The van der Waals surface area contributed by atoms with Crippen molar-refractivity contribution in [2.45, 2.75) is 33.1 Å². The number of carboxylic acid groups (broad SMARTS) is 1. The average molecular weight is 269 g/mol. The van der Waals surface area contributed by atoms with Crippen molar-refractivity contribution in [1.82, 2.24) is 4.98 Å². The topological polar surface area (TPSA) is 50.2 Å². The van der Waals surface area contributed by atoms with Gasteiger partial charge in [-0.1, -0.05) is 44.5 Å². The number of carboxylic acids is 1. The van der Waals surface area contributed by atoms with Crippen LogP contribution in [-0.4, -0.2) is 16.1 Å². The molecule has 0 aliphatic heterocycles. The van der Waals surface area contributed by atoms with Crippen molar-refractivity contribution in [1.29, 1.82) is 0 Å². The van der Waals surface area contributed by atoms with Gasteiger partial charge in [-0.2, -0.15) is 0 Å². The fourth-order valence-electron chi connectivity index (χ4n) is 2.26. The average Bonchev–Trinajstić information content (AvgIpc) is 2.47. The summed E-state index contributed by atoms with van der Waals surface area (Å²) in [6.07, 6.45) is 2.82. The molecular formula is C17H19NO2. The molecule has 3 nitrogen and oxygen atoms in total. The first kappa shape index (κ1) is 14.3. The summed E-state index contributed by atoms with van der Waals surface area (Å²) in [6, 6.07) is 11.7. The number of nitrogens with zero attached hydrogens (tertiary/aromatic N) is 1. The number of aromatic nitrogens is 1. The number of carbonyl (C=O) groups is 1. The molecule has 104 valence electrons. The Morgan fingerprint density at radius 1 is 1.10 bits per heavy atom. The lowest BCUT2D eigenvalue weighted by atomic mass is 10.0. The third-order valence-corrected chi connectivity index (χ3v) is 3.33. The van der Waals surface area contributed by atoms with E-state index in [-0.39, 0.29) is 0 Å². The van der Waals surface area contributed by atoms with Crippen molar-refractivity contribution in [3.05, 3.63) is 53.2 Å². The highest BCUT2D eigenvalue weighted by molar-refractivity contribution is 5.89. The zero-order valence-corrected chi connectivity index (χ0v) is 11.9. The highest BCUT2D eigenvalue weighted by Crippen LogP contribution is 2.20. The summed E-state index contributed by atoms with van der Waals surface area (Å²) < 4.78 is 0. The first-order valence-electron chi connectivity index (χ1n) is 6.98. The first-order valence-corrected chi connectivity index (χ1v) is 6.98. The lowest BCUT2D eigenvalue weighted by Crippen LogP contribution is -2.04. The van der Waals surface area contributed by atoms with E-state index >= 15 is 0 Å². The molecule has 0 atom stereocenters. The molecule has 1 aromatic carbocycles. The highest BCUT2D eigenvalue weighted by atomic mass is 16.4. The second-order valence-corrected chi connectivity index (χ2v) is 4.80. The normalized spacial score (nSPS) is 10.5. The number of benzene rings is 1. The van der Waals surface area contributed by atoms with Gasteiger partial charge in [-0.15, -0.1) is 0 Å². The van der Waals surface area contributed by atoms with Crippen molar-refractivity contribution in [3.8, 4) is 11.3 Å². The van der Waals surface area contributed by atoms with Crippen LogP contribution in [0.2, 0.25) is 0 Å². The van der Waals surface area contributed by atoms with Gasteiger partial charge in [0.1, 0.15) is 0 Å². The molecule has 3 heteroatoms. The van der Waals surface area contributed by atoms with E-state index in [1.165, 1.54) is 5.56 Å². The van der Waals surface area contributed by atoms with Gasteiger partial charge in [0.15, 0.2) is 0 Å². The molecule has 1 heterocycles. The molecule has 0 saturated heterocycles. The monoisotopic (exact) mass is 269 g/mol. The van der Waals surface area contributed by atoms with Crippen LogP contribution in [0.1, 0.15) is 41.9 Å². The first-order chi connectivity index (χ1) is 9.65. The molecule has 0 radical (unpaired) electrons. The fraction of sp³-hybridized carbons (Fsp3) is 0.294. The molecule has 0 saturated carbocycles. The van der Waals surface area contributed by atoms with Crippen molar-refractivity contribution in [3.63, 3.8) is 0 Å². The molecule has 0 fully saturated rings. The molecule has 20 heavy (non-hydrogen) atoms. The molecule has 0 aliphatic carbocycles. The SMILES string of the molecule is CCCc1ccc(-c2ccc(C(=O)O)c(CC)n2)cc1. The van der Waals surface area contributed by atoms with E-state index in [1.807, 2.05) is 19.1 Å². The largest absolute Gasteiger partial charge is 0.478 e. The molecule has 0 spiro atoms. The Morgan fingerprint density at radius 2 is 1.80 bits per heavy atom. The number of hydrogen-bond donors (Lipinski definition) is 1. The van der Waals surface area contributed by atoms with E-state index in [0.29, 0.717) is 17.7 Å². The highest BCUT2D eigenvalue weighted by Gasteiger charge is 2.11. The smallest absolute Gasteiger partial charge is 0.337 e. The predicted molar refractivity (Wildman–Crippen MR) is 80.0 cm³/mol. The van der Waals surface area contributed by atoms with Gasteiger partial charge >= 0.3 is 5.97 Å². The van der Waals surface area contributed by atoms with Crippen LogP contribution in [0.4, 0.5) is 0 Å². The molecule has 0 amide bonds. The van der Waals surface area contributed by atoms with Gasteiger partial charge in [-0.25, -0.2) is 4.79 Å². The summed E-state index contributed by atoms with van der Waals surface area (Å²) >= 11 is 0. The molecular weight excluding hydrogens is 250 g/mol. The molecule has 0 aliphatic rings. The summed E-state index contributed by atoms with van der Waals surface area (Å²) in [5, 5.41) is 9.11. The molecule has 1 aromatic heterocycles. The van der Waals surface area contributed by atoms with E-state index in [0.717, 1.165) is 24.1 Å². The molecule has 1 N–H and O–H groups in total. The summed E-state index contributed by atoms with van der Waals surface area (Å²) in [5.74, 6) is -0.917. The Hall–Kier alpha value is -2.16. The summed E-state index contributed by atoms with van der Waals surface area (Å²) in [6.45, 7) is 4.08. The van der Waals surface area contributed by atoms with Crippen LogP contribution >= 0.6 is 0 Å². The van der Waals surface area contributed by atoms with Crippen molar-refractivity contribution < 1.29 is 9.90 Å². The number of pyridine rings is 1. The minimum atomic E-state index is -0.917. The standard InChI is InChI=1S/C17H19NO2/c1-3-5-12-6-8-13(9-7-12)16-11-10-14(17(19)20)15(4-2)18-16/h6-11H,3-5H2,1-2H3,(H,19,20). The fourth-order valence-corrected chi connectivity index (χ4v) is 2.26. The Kier molecular flexibility index (Phi) is 4.51. The number of hydrogen-bond acceptors (Lipinski definition) is 2. The molecule has 2 rings (SSSR count). The Balaban J connectivity index is 2.35. The summed E-state index contributed by atoms with van der Waals surface area (Å²) in [7, 11) is 0. The quantitative estimate of drug-likeness (QED) is 0.893. The van der Waals surface area contributed by atoms with Gasteiger partial charge in [0.05, 0.1) is 17.0 Å². The van der Waals surface area contributed by atoms with Crippen LogP contribution in [0.5, 0.6) is 0 Å². The van der Waals surface area contributed by atoms with Gasteiger partial charge in [-0.05, 0) is 30.5 Å². The van der Waals surface area contributed by atoms with E-state index in [2.05, 4.69) is 24.0 Å². The van der Waals surface area contributed by atoms with Crippen LogP contribution in [0.15, 0.2) is 36.4 Å². The van der Waals surface area contributed by atoms with E-state index in [4.69, 9.17) is 5.11 Å². The second-order valence-electron chi connectivity index (χ2n) is 4.80. The summed E-state index contributed by atoms with van der Waals surface area (Å²) in [5.41, 5.74) is 4.09. The van der Waals surface area contributed by atoms with Crippen LogP contribution in [-0.2, 0) is 12.8 Å². The zero-order valence-electron chi connectivity index (χ0n) is 11.9. The van der Waals surface area contributed by atoms with Gasteiger partial charge in [0, 0.05) is 5.56 Å². The van der Waals surface area contributed by atoms with Gasteiger partial charge < -0.3 is 5.11 Å². The minimum Gasteiger partial charge on any atom is -0.478 e. The Bertz CT molecular complexity index is 603. The van der Waals surface area contributed by atoms with E-state index in [9.17, 15) is 4.79 Å². The molecule has 2 aromatic rings. The number of rotatable bonds is 5. The van der Waals surface area contributed by atoms with Gasteiger partial charge in [0.2, 0.25) is 0 Å². The zero-order chi connectivity index (χ0) is 14.5. The maximum Gasteiger partial charge on any atom is 0.337 e. The minimum absolute atomic E-state index is 0.291. The Morgan fingerprint density at radius 3 is 2.35 bits per heavy atom. The van der Waals surface area contributed by atoms with Gasteiger partial charge in [-0.3, -0.25) is 4.98 Å². The summed E-state index contributed by atoms with van der Waals surface area (Å²) in [4.78, 5) is 15.6. The lowest BCUT2D eigenvalue weighted by Gasteiger charge is -2.07. The van der Waals surface area contributed by atoms with Crippen molar-refractivity contribution >= 4 is 5.97 Å². The van der Waals surface area contributed by atoms with Crippen LogP contribution < -0.4 is 0 Å². The van der Waals surface area contributed by atoms with Crippen LogP contribution in [0, 0.1) is 0 Å². The van der Waals surface area contributed by atoms with E-state index in [1.54, 1.807) is 12.1 Å². The lowest BCUT2D eigenvalue weighted by molar-refractivity contribution is 0.0695. The second kappa shape index (κ2) is 6.33. The van der Waals surface area contributed by atoms with Crippen LogP contribution in [0.25, 0.3) is 11.3 Å². The molecule has 0 bridgehead atoms.